The van der Waals surface area contributed by atoms with Gasteiger partial charge in [0.2, 0.25) is 9.84 Å². The summed E-state index contributed by atoms with van der Waals surface area (Å²) < 4.78 is 26.1. The van der Waals surface area contributed by atoms with Gasteiger partial charge in [0.05, 0.1) is 9.80 Å². The second-order valence-electron chi connectivity index (χ2n) is 5.76. The van der Waals surface area contributed by atoms with Gasteiger partial charge in [0, 0.05) is 17.3 Å². The summed E-state index contributed by atoms with van der Waals surface area (Å²) in [7, 11) is -4.03. The van der Waals surface area contributed by atoms with Crippen molar-refractivity contribution in [3.05, 3.63) is 64.7 Å². The first-order chi connectivity index (χ1) is 11.1. The van der Waals surface area contributed by atoms with Gasteiger partial charge in [0.15, 0.2) is 0 Å². The summed E-state index contributed by atoms with van der Waals surface area (Å²) in [4.78, 5) is 10.9. The van der Waals surface area contributed by atoms with Gasteiger partial charge in [0.1, 0.15) is 0 Å². The van der Waals surface area contributed by atoms with Crippen molar-refractivity contribution >= 4 is 26.4 Å². The lowest BCUT2D eigenvalue weighted by molar-refractivity contribution is -0.131. The van der Waals surface area contributed by atoms with E-state index in [-0.39, 0.29) is 21.1 Å². The molecule has 0 radical (unpaired) electrons. The van der Waals surface area contributed by atoms with Crippen LogP contribution in [-0.4, -0.2) is 19.5 Å². The van der Waals surface area contributed by atoms with E-state index in [1.165, 1.54) is 12.1 Å². The van der Waals surface area contributed by atoms with E-state index in [2.05, 4.69) is 0 Å². The predicted octanol–water partition coefficient (Wildman–Crippen LogP) is 3.09. The number of benzene rings is 2. The van der Waals surface area contributed by atoms with Gasteiger partial charge in [-0.3, -0.25) is 0 Å². The Kier molecular flexibility index (Phi) is 4.80. The number of nitrogen functional groups attached to an aromatic ring is 1. The number of carbonyl (C=O) groups is 1. The first kappa shape index (κ1) is 17.7. The van der Waals surface area contributed by atoms with E-state index in [9.17, 15) is 13.2 Å². The van der Waals surface area contributed by atoms with Crippen LogP contribution in [0.4, 0.5) is 5.69 Å². The fourth-order valence-electron chi connectivity index (χ4n) is 2.51. The predicted molar refractivity (Wildman–Crippen MR) is 94.3 cm³/mol. The molecule has 2 aromatic rings. The lowest BCUT2D eigenvalue weighted by atomic mass is 10.1. The maximum atomic E-state index is 13.0. The van der Waals surface area contributed by atoms with Crippen LogP contribution in [0.5, 0.6) is 0 Å². The highest BCUT2D eigenvalue weighted by molar-refractivity contribution is 8.00. The van der Waals surface area contributed by atoms with Crippen molar-refractivity contribution in [1.29, 1.82) is 0 Å². The number of nitrogens with two attached hydrogens (primary N) is 1. The summed E-state index contributed by atoms with van der Waals surface area (Å²) in [5.74, 6) is -1.35. The number of rotatable bonds is 4. The molecule has 0 saturated heterocycles. The van der Waals surface area contributed by atoms with Crippen LogP contribution in [0.15, 0.2) is 47.4 Å². The Labute approximate surface area is 141 Å². The van der Waals surface area contributed by atoms with Crippen molar-refractivity contribution in [2.75, 3.05) is 5.73 Å². The third-order valence-corrected chi connectivity index (χ3v) is 5.30. The molecule has 3 N–H and O–H groups in total. The summed E-state index contributed by atoms with van der Waals surface area (Å²) in [6.07, 6.45) is 0.693. The minimum atomic E-state index is -4.03. The third kappa shape index (κ3) is 3.65. The van der Waals surface area contributed by atoms with Crippen molar-refractivity contribution in [2.45, 2.75) is 25.7 Å². The lowest BCUT2D eigenvalue weighted by Crippen LogP contribution is -2.09. The Hall–Kier alpha value is -2.60. The largest absolute Gasteiger partial charge is 0.478 e. The highest BCUT2D eigenvalue weighted by Crippen LogP contribution is 2.32. The molecule has 24 heavy (non-hydrogen) atoms. The Morgan fingerprint density at radius 1 is 1.00 bits per heavy atom. The number of carboxylic acids is 1. The molecule has 0 amide bonds. The van der Waals surface area contributed by atoms with Gasteiger partial charge < -0.3 is 10.8 Å². The number of aliphatic carboxylic acids is 1. The first-order valence-corrected chi connectivity index (χ1v) is 8.74. The maximum Gasteiger partial charge on any atom is 0.329 e. The molecule has 0 spiro atoms. The average molecular weight is 345 g/mol. The van der Waals surface area contributed by atoms with Gasteiger partial charge in [-0.25, -0.2) is 13.2 Å². The molecular weight excluding hydrogens is 326 g/mol. The van der Waals surface area contributed by atoms with Gasteiger partial charge in [-0.05, 0) is 56.2 Å². The van der Waals surface area contributed by atoms with Gasteiger partial charge in [-0.2, -0.15) is 0 Å². The number of sulfone groups is 1. The van der Waals surface area contributed by atoms with Crippen molar-refractivity contribution in [1.82, 2.24) is 0 Å². The lowest BCUT2D eigenvalue weighted by Gasteiger charge is -2.13. The number of hydrogen-bond acceptors (Lipinski definition) is 4. The quantitative estimate of drug-likeness (QED) is 0.655. The zero-order valence-electron chi connectivity index (χ0n) is 13.7. The minimum Gasteiger partial charge on any atom is -0.478 e. The Bertz CT molecular complexity index is 923. The zero-order valence-corrected chi connectivity index (χ0v) is 14.5. The van der Waals surface area contributed by atoms with Gasteiger partial charge in [-0.1, -0.05) is 17.7 Å². The molecule has 0 aliphatic heterocycles. The Morgan fingerprint density at radius 3 is 2.12 bits per heavy atom. The van der Waals surface area contributed by atoms with E-state index in [0.29, 0.717) is 6.08 Å². The van der Waals surface area contributed by atoms with Gasteiger partial charge >= 0.3 is 5.97 Å². The fraction of sp³-hybridized carbons (Fsp3) is 0.167. The molecule has 0 fully saturated rings. The smallest absolute Gasteiger partial charge is 0.329 e. The zero-order chi connectivity index (χ0) is 18.1. The van der Waals surface area contributed by atoms with Crippen molar-refractivity contribution < 1.29 is 18.3 Å². The van der Waals surface area contributed by atoms with Crippen LogP contribution >= 0.6 is 0 Å². The Morgan fingerprint density at radius 2 is 1.58 bits per heavy atom. The molecule has 0 unspecified atom stereocenters. The van der Waals surface area contributed by atoms with Crippen molar-refractivity contribution in [3.8, 4) is 0 Å². The molecule has 2 aromatic carbocycles. The van der Waals surface area contributed by atoms with E-state index in [1.807, 2.05) is 6.07 Å². The summed E-state index contributed by atoms with van der Waals surface area (Å²) in [5.41, 5.74) is 8.64. The number of hydrogen-bond donors (Lipinski definition) is 2. The standard InChI is InChI=1S/C18H19NO4S/c1-11-4-5-16(19)15(9-11)17(10-18(20)21)24(22,23)14-7-12(2)6-13(3)8-14/h4-10H,19H2,1-3H3,(H,20,21)/b17-10-. The van der Waals surface area contributed by atoms with Crippen LogP contribution in [0.2, 0.25) is 0 Å². The second kappa shape index (κ2) is 6.49. The van der Waals surface area contributed by atoms with Crippen LogP contribution in [0.1, 0.15) is 22.3 Å². The molecule has 126 valence electrons. The molecule has 5 nitrogen and oxygen atoms in total. The molecule has 0 heterocycles. The molecule has 6 heteroatoms. The third-order valence-electron chi connectivity index (χ3n) is 3.52. The SMILES string of the molecule is Cc1cc(C)cc(S(=O)(=O)/C(=C\C(=O)O)c2cc(C)ccc2N)c1. The molecule has 0 atom stereocenters. The van der Waals surface area contributed by atoms with E-state index in [1.54, 1.807) is 39.0 Å². The summed E-state index contributed by atoms with van der Waals surface area (Å²) in [6, 6.07) is 9.76. The maximum absolute atomic E-state index is 13.0. The summed E-state index contributed by atoms with van der Waals surface area (Å²) >= 11 is 0. The van der Waals surface area contributed by atoms with Gasteiger partial charge in [0.25, 0.3) is 0 Å². The monoisotopic (exact) mass is 345 g/mol. The first-order valence-electron chi connectivity index (χ1n) is 7.26. The van der Waals surface area contributed by atoms with Gasteiger partial charge in [-0.15, -0.1) is 0 Å². The van der Waals surface area contributed by atoms with E-state index in [0.717, 1.165) is 16.7 Å². The molecule has 0 aliphatic carbocycles. The highest BCUT2D eigenvalue weighted by Gasteiger charge is 2.25. The molecular formula is C18H19NO4S. The molecule has 0 bridgehead atoms. The van der Waals surface area contributed by atoms with Crippen LogP contribution in [0.3, 0.4) is 0 Å². The van der Waals surface area contributed by atoms with Crippen LogP contribution < -0.4 is 5.73 Å². The van der Waals surface area contributed by atoms with Crippen molar-refractivity contribution in [2.24, 2.45) is 0 Å². The van der Waals surface area contributed by atoms with Crippen LogP contribution in [0, 0.1) is 20.8 Å². The highest BCUT2D eigenvalue weighted by atomic mass is 32.2. The fourth-order valence-corrected chi connectivity index (χ4v) is 4.17. The topological polar surface area (TPSA) is 97.5 Å². The molecule has 0 aliphatic rings. The second-order valence-corrected chi connectivity index (χ2v) is 7.68. The number of carboxylic acid groups (broad SMARTS) is 1. The van der Waals surface area contributed by atoms with E-state index in [4.69, 9.17) is 10.8 Å². The average Bonchev–Trinajstić information content (AvgIpc) is 2.46. The van der Waals surface area contributed by atoms with E-state index < -0.39 is 15.8 Å². The van der Waals surface area contributed by atoms with Crippen LogP contribution in [0.25, 0.3) is 4.91 Å². The summed E-state index contributed by atoms with van der Waals surface area (Å²) in [6.45, 7) is 5.35. The molecule has 2 rings (SSSR count). The van der Waals surface area contributed by atoms with Crippen LogP contribution in [-0.2, 0) is 14.6 Å². The molecule has 0 saturated carbocycles. The number of anilines is 1. The minimum absolute atomic E-state index is 0.0495. The van der Waals surface area contributed by atoms with E-state index >= 15 is 0 Å². The number of aryl methyl sites for hydroxylation is 3. The normalized spacial score (nSPS) is 12.2. The Balaban J connectivity index is 2.77. The molecule has 0 aromatic heterocycles. The summed E-state index contributed by atoms with van der Waals surface area (Å²) in [5, 5.41) is 9.14. The van der Waals surface area contributed by atoms with Crippen molar-refractivity contribution in [3.63, 3.8) is 0 Å².